The van der Waals surface area contributed by atoms with Crippen LogP contribution in [0.5, 0.6) is 5.75 Å². The average molecular weight is 380 g/mol. The van der Waals surface area contributed by atoms with E-state index in [1.54, 1.807) is 25.1 Å². The first-order valence-corrected chi connectivity index (χ1v) is 7.07. The molecule has 7 heteroatoms. The van der Waals surface area contributed by atoms with Gasteiger partial charge in [-0.3, -0.25) is 0 Å². The number of rotatable bonds is 4. The van der Waals surface area contributed by atoms with Crippen molar-refractivity contribution in [1.29, 1.82) is 0 Å². The predicted molar refractivity (Wildman–Crippen MR) is 78.9 cm³/mol. The summed E-state index contributed by atoms with van der Waals surface area (Å²) in [6, 6.07) is 6.13. The fraction of sp³-hybridized carbons (Fsp3) is 0.154. The summed E-state index contributed by atoms with van der Waals surface area (Å²) in [5.41, 5.74) is 0. The van der Waals surface area contributed by atoms with Crippen LogP contribution in [0.15, 0.2) is 33.2 Å². The molecule has 0 fully saturated rings. The lowest BCUT2D eigenvalue weighted by Crippen LogP contribution is -2.03. The first-order chi connectivity index (χ1) is 9.38. The highest BCUT2D eigenvalue weighted by atomic mass is 79.9. The van der Waals surface area contributed by atoms with Crippen LogP contribution in [-0.2, 0) is 0 Å². The molecular formula is C13H9BrCl2O4. The third-order valence-corrected chi connectivity index (χ3v) is 3.58. The zero-order valence-electron chi connectivity index (χ0n) is 10.2. The molecule has 0 aliphatic heterocycles. The van der Waals surface area contributed by atoms with Crippen LogP contribution in [0.4, 0.5) is 0 Å². The number of benzene rings is 1. The van der Waals surface area contributed by atoms with Crippen molar-refractivity contribution in [2.24, 2.45) is 0 Å². The molecule has 1 heterocycles. The van der Waals surface area contributed by atoms with Gasteiger partial charge >= 0.3 is 5.97 Å². The summed E-state index contributed by atoms with van der Waals surface area (Å²) in [5.74, 6) is -0.469. The number of ether oxygens (including phenoxy) is 1. The fourth-order valence-corrected chi connectivity index (χ4v) is 2.90. The van der Waals surface area contributed by atoms with Gasteiger partial charge in [0.1, 0.15) is 5.76 Å². The van der Waals surface area contributed by atoms with Gasteiger partial charge in [0, 0.05) is 5.02 Å². The van der Waals surface area contributed by atoms with Crippen molar-refractivity contribution >= 4 is 45.1 Å². The molecule has 1 N–H and O–H groups in total. The summed E-state index contributed by atoms with van der Waals surface area (Å²) in [7, 11) is 0. The first-order valence-electron chi connectivity index (χ1n) is 5.52. The Bertz CT molecular complexity index is 631. The minimum atomic E-state index is -1.13. The smallest absolute Gasteiger partial charge is 0.371 e. The summed E-state index contributed by atoms with van der Waals surface area (Å²) >= 11 is 15.2. The minimum Gasteiger partial charge on any atom is -0.480 e. The second-order valence-corrected chi connectivity index (χ2v) is 5.66. The van der Waals surface area contributed by atoms with Gasteiger partial charge in [-0.25, -0.2) is 4.79 Å². The summed E-state index contributed by atoms with van der Waals surface area (Å²) < 4.78 is 11.5. The predicted octanol–water partition coefficient (Wildman–Crippen LogP) is 5.19. The highest BCUT2D eigenvalue weighted by molar-refractivity contribution is 9.10. The molecule has 1 unspecified atom stereocenters. The number of hydrogen-bond donors (Lipinski definition) is 1. The molecule has 0 spiro atoms. The Labute approximate surface area is 133 Å². The molecule has 106 valence electrons. The van der Waals surface area contributed by atoms with E-state index in [0.29, 0.717) is 26.0 Å². The van der Waals surface area contributed by atoms with Gasteiger partial charge in [-0.05, 0) is 47.1 Å². The number of carboxylic acid groups (broad SMARTS) is 1. The van der Waals surface area contributed by atoms with Crippen LogP contribution in [-0.4, -0.2) is 11.1 Å². The van der Waals surface area contributed by atoms with Gasteiger partial charge in [0.2, 0.25) is 5.76 Å². The SMILES string of the molecule is CC(Oc1c(Cl)cc(Cl)cc1Br)c1ccc(C(=O)O)o1. The molecule has 20 heavy (non-hydrogen) atoms. The maximum absolute atomic E-state index is 10.8. The lowest BCUT2D eigenvalue weighted by Gasteiger charge is -2.15. The second-order valence-electron chi connectivity index (χ2n) is 3.97. The fourth-order valence-electron chi connectivity index (χ4n) is 1.56. The van der Waals surface area contributed by atoms with E-state index in [1.165, 1.54) is 6.07 Å². The molecule has 2 rings (SSSR count). The quantitative estimate of drug-likeness (QED) is 0.794. The zero-order chi connectivity index (χ0) is 14.9. The molecule has 1 aromatic heterocycles. The Kier molecular flexibility index (Phi) is 4.62. The largest absolute Gasteiger partial charge is 0.480 e. The Morgan fingerprint density at radius 2 is 2.10 bits per heavy atom. The van der Waals surface area contributed by atoms with Gasteiger partial charge in [-0.15, -0.1) is 0 Å². The Morgan fingerprint density at radius 1 is 1.40 bits per heavy atom. The highest BCUT2D eigenvalue weighted by Gasteiger charge is 2.18. The van der Waals surface area contributed by atoms with E-state index < -0.39 is 12.1 Å². The van der Waals surface area contributed by atoms with Crippen molar-refractivity contribution in [2.45, 2.75) is 13.0 Å². The van der Waals surface area contributed by atoms with Crippen molar-refractivity contribution in [3.05, 3.63) is 50.3 Å². The molecule has 4 nitrogen and oxygen atoms in total. The lowest BCUT2D eigenvalue weighted by atomic mass is 10.3. The molecule has 0 saturated heterocycles. The lowest BCUT2D eigenvalue weighted by molar-refractivity contribution is 0.0655. The monoisotopic (exact) mass is 378 g/mol. The highest BCUT2D eigenvalue weighted by Crippen LogP contribution is 2.38. The van der Waals surface area contributed by atoms with Crippen LogP contribution in [0.1, 0.15) is 29.3 Å². The van der Waals surface area contributed by atoms with E-state index in [-0.39, 0.29) is 5.76 Å². The van der Waals surface area contributed by atoms with Crippen LogP contribution < -0.4 is 4.74 Å². The average Bonchev–Trinajstić information content (AvgIpc) is 2.83. The minimum absolute atomic E-state index is 0.142. The van der Waals surface area contributed by atoms with Crippen molar-refractivity contribution in [1.82, 2.24) is 0 Å². The Morgan fingerprint density at radius 3 is 2.65 bits per heavy atom. The number of aromatic carboxylic acids is 1. The molecule has 0 radical (unpaired) electrons. The molecule has 1 atom stereocenters. The number of carboxylic acids is 1. The van der Waals surface area contributed by atoms with Gasteiger partial charge in [0.25, 0.3) is 0 Å². The van der Waals surface area contributed by atoms with Gasteiger partial charge in [-0.1, -0.05) is 23.2 Å². The second kappa shape index (κ2) is 6.08. The van der Waals surface area contributed by atoms with E-state index >= 15 is 0 Å². The third-order valence-electron chi connectivity index (χ3n) is 2.50. The Balaban J connectivity index is 2.23. The zero-order valence-corrected chi connectivity index (χ0v) is 13.3. The van der Waals surface area contributed by atoms with Gasteiger partial charge in [-0.2, -0.15) is 0 Å². The number of carbonyl (C=O) groups is 1. The molecule has 2 aromatic rings. The van der Waals surface area contributed by atoms with Crippen LogP contribution in [0.25, 0.3) is 0 Å². The summed E-state index contributed by atoms with van der Waals surface area (Å²) in [5, 5.41) is 9.64. The van der Waals surface area contributed by atoms with Crippen molar-refractivity contribution in [3.63, 3.8) is 0 Å². The normalized spacial score (nSPS) is 12.2. The number of furan rings is 1. The van der Waals surface area contributed by atoms with Crippen LogP contribution in [0.3, 0.4) is 0 Å². The molecule has 1 aromatic carbocycles. The third kappa shape index (κ3) is 3.29. The molecule has 0 bridgehead atoms. The van der Waals surface area contributed by atoms with Crippen LogP contribution >= 0.6 is 39.1 Å². The van der Waals surface area contributed by atoms with E-state index in [4.69, 9.17) is 37.5 Å². The summed E-state index contributed by atoms with van der Waals surface area (Å²) in [6.07, 6.45) is -0.502. The summed E-state index contributed by atoms with van der Waals surface area (Å²) in [6.45, 7) is 1.72. The standard InChI is InChI=1S/C13H9BrCl2O4/c1-6(10-2-3-11(20-10)13(17)18)19-12-8(14)4-7(15)5-9(12)16/h2-6H,1H3,(H,17,18). The molecule has 0 saturated carbocycles. The maximum atomic E-state index is 10.8. The molecule has 0 aliphatic rings. The maximum Gasteiger partial charge on any atom is 0.371 e. The number of halogens is 3. The van der Waals surface area contributed by atoms with Crippen molar-refractivity contribution in [3.8, 4) is 5.75 Å². The van der Waals surface area contributed by atoms with Gasteiger partial charge in [0.05, 0.1) is 9.50 Å². The molecule has 0 aliphatic carbocycles. The van der Waals surface area contributed by atoms with Crippen molar-refractivity contribution in [2.75, 3.05) is 0 Å². The first kappa shape index (κ1) is 15.2. The topological polar surface area (TPSA) is 59.7 Å². The van der Waals surface area contributed by atoms with Gasteiger partial charge in [0.15, 0.2) is 11.9 Å². The summed E-state index contributed by atoms with van der Waals surface area (Å²) in [4.78, 5) is 10.8. The van der Waals surface area contributed by atoms with Gasteiger partial charge < -0.3 is 14.3 Å². The van der Waals surface area contributed by atoms with E-state index in [1.807, 2.05) is 0 Å². The molecule has 0 amide bonds. The van der Waals surface area contributed by atoms with Crippen LogP contribution in [0.2, 0.25) is 10.0 Å². The van der Waals surface area contributed by atoms with Crippen LogP contribution in [0, 0.1) is 0 Å². The molecular weight excluding hydrogens is 371 g/mol. The number of hydrogen-bond acceptors (Lipinski definition) is 3. The van der Waals surface area contributed by atoms with E-state index in [9.17, 15) is 4.79 Å². The van der Waals surface area contributed by atoms with Crippen molar-refractivity contribution < 1.29 is 19.1 Å². The van der Waals surface area contributed by atoms with E-state index in [2.05, 4.69) is 15.9 Å². The Hall–Kier alpha value is -1.17. The van der Waals surface area contributed by atoms with E-state index in [0.717, 1.165) is 0 Å².